The number of halogens is 1. The highest BCUT2D eigenvalue weighted by Gasteiger charge is 2.24. The van der Waals surface area contributed by atoms with Gasteiger partial charge in [0.1, 0.15) is 5.15 Å². The molecule has 1 aliphatic heterocycles. The topological polar surface area (TPSA) is 62.3 Å². The Kier molecular flexibility index (Phi) is 3.28. The van der Waals surface area contributed by atoms with E-state index in [0.29, 0.717) is 24.2 Å². The van der Waals surface area contributed by atoms with Crippen molar-refractivity contribution < 1.29 is 9.59 Å². The highest BCUT2D eigenvalue weighted by atomic mass is 35.5. The van der Waals surface area contributed by atoms with Crippen molar-refractivity contribution >= 4 is 34.3 Å². The molecule has 1 fully saturated rings. The van der Waals surface area contributed by atoms with Crippen LogP contribution in [0.2, 0.25) is 5.15 Å². The monoisotopic (exact) mass is 289 g/mol. The first kappa shape index (κ1) is 12.9. The third kappa shape index (κ3) is 2.32. The molecule has 0 spiro atoms. The zero-order valence-electron chi connectivity index (χ0n) is 10.6. The van der Waals surface area contributed by atoms with Crippen LogP contribution >= 0.6 is 11.6 Å². The molecule has 2 amide bonds. The van der Waals surface area contributed by atoms with Gasteiger partial charge < -0.3 is 10.2 Å². The van der Waals surface area contributed by atoms with E-state index in [9.17, 15) is 9.59 Å². The number of aromatic nitrogens is 1. The molecular weight excluding hydrogens is 278 g/mol. The van der Waals surface area contributed by atoms with Crippen LogP contribution in [-0.4, -0.2) is 41.3 Å². The Balaban J connectivity index is 2.04. The maximum atomic E-state index is 12.6. The number of hydrogen-bond acceptors (Lipinski definition) is 3. The summed E-state index contributed by atoms with van der Waals surface area (Å²) in [6, 6.07) is 8.88. The summed E-state index contributed by atoms with van der Waals surface area (Å²) in [4.78, 5) is 29.7. The number of piperazine rings is 1. The number of carbonyl (C=O) groups excluding carboxylic acids is 2. The van der Waals surface area contributed by atoms with Gasteiger partial charge in [-0.15, -0.1) is 0 Å². The van der Waals surface area contributed by atoms with Gasteiger partial charge in [0, 0.05) is 18.5 Å². The number of pyridine rings is 1. The van der Waals surface area contributed by atoms with Crippen LogP contribution in [0.4, 0.5) is 0 Å². The van der Waals surface area contributed by atoms with Gasteiger partial charge in [0.2, 0.25) is 5.91 Å². The zero-order valence-corrected chi connectivity index (χ0v) is 11.4. The molecule has 20 heavy (non-hydrogen) atoms. The summed E-state index contributed by atoms with van der Waals surface area (Å²) in [5.41, 5.74) is 1.15. The van der Waals surface area contributed by atoms with Crippen LogP contribution in [0.1, 0.15) is 10.4 Å². The van der Waals surface area contributed by atoms with Crippen LogP contribution in [0, 0.1) is 0 Å². The van der Waals surface area contributed by atoms with Crippen LogP contribution < -0.4 is 5.32 Å². The summed E-state index contributed by atoms with van der Waals surface area (Å²) in [5, 5.41) is 3.71. The summed E-state index contributed by atoms with van der Waals surface area (Å²) < 4.78 is 0. The molecule has 6 heteroatoms. The Labute approximate surface area is 120 Å². The molecule has 1 N–H and O–H groups in total. The van der Waals surface area contributed by atoms with Gasteiger partial charge >= 0.3 is 0 Å². The number of fused-ring (bicyclic) bond motifs is 1. The van der Waals surface area contributed by atoms with Crippen LogP contribution in [0.25, 0.3) is 10.9 Å². The second-order valence-electron chi connectivity index (χ2n) is 4.59. The number of carbonyl (C=O) groups is 2. The molecule has 0 bridgehead atoms. The Hall–Kier alpha value is -2.14. The minimum absolute atomic E-state index is 0.0765. The van der Waals surface area contributed by atoms with Crippen molar-refractivity contribution in [2.24, 2.45) is 0 Å². The van der Waals surface area contributed by atoms with Crippen molar-refractivity contribution in [2.75, 3.05) is 19.6 Å². The second kappa shape index (κ2) is 5.09. The fourth-order valence-electron chi connectivity index (χ4n) is 2.30. The molecule has 1 saturated heterocycles. The van der Waals surface area contributed by atoms with Gasteiger partial charge in [-0.2, -0.15) is 0 Å². The third-order valence-corrected chi connectivity index (χ3v) is 3.43. The lowest BCUT2D eigenvalue weighted by molar-refractivity contribution is -0.123. The van der Waals surface area contributed by atoms with E-state index in [1.165, 1.54) is 4.90 Å². The molecule has 2 aromatic rings. The highest BCUT2D eigenvalue weighted by molar-refractivity contribution is 6.30. The summed E-state index contributed by atoms with van der Waals surface area (Å²) in [6.07, 6.45) is 0. The average molecular weight is 290 g/mol. The normalized spacial score (nSPS) is 15.2. The Bertz CT molecular complexity index is 702. The largest absolute Gasteiger partial charge is 0.353 e. The minimum Gasteiger partial charge on any atom is -0.353 e. The number of benzene rings is 1. The van der Waals surface area contributed by atoms with Gasteiger partial charge in [0.15, 0.2) is 0 Å². The number of para-hydroxylation sites is 1. The van der Waals surface area contributed by atoms with E-state index >= 15 is 0 Å². The van der Waals surface area contributed by atoms with Crippen LogP contribution in [0.3, 0.4) is 0 Å². The van der Waals surface area contributed by atoms with E-state index in [0.717, 1.165) is 5.39 Å². The summed E-state index contributed by atoms with van der Waals surface area (Å²) >= 11 is 5.97. The van der Waals surface area contributed by atoms with Crippen LogP contribution in [0.15, 0.2) is 30.3 Å². The lowest BCUT2D eigenvalue weighted by Gasteiger charge is -2.27. The van der Waals surface area contributed by atoms with Crippen LogP contribution in [-0.2, 0) is 4.79 Å². The van der Waals surface area contributed by atoms with E-state index in [1.807, 2.05) is 18.2 Å². The first-order valence-corrected chi connectivity index (χ1v) is 6.64. The van der Waals surface area contributed by atoms with Gasteiger partial charge in [-0.3, -0.25) is 9.59 Å². The van der Waals surface area contributed by atoms with E-state index < -0.39 is 0 Å². The number of rotatable bonds is 1. The lowest BCUT2D eigenvalue weighted by Crippen LogP contribution is -2.50. The standard InChI is InChI=1S/C14H12ClN3O2/c15-12-7-10(9-3-1-2-4-11(9)17-12)14(20)18-6-5-16-13(19)8-18/h1-4,7H,5-6,8H2,(H,16,19). The predicted octanol–water partition coefficient (Wildman–Crippen LogP) is 1.46. The van der Waals surface area contributed by atoms with Crippen molar-refractivity contribution in [3.8, 4) is 0 Å². The summed E-state index contributed by atoms with van der Waals surface area (Å²) in [7, 11) is 0. The molecule has 0 aliphatic carbocycles. The Morgan fingerprint density at radius 2 is 2.15 bits per heavy atom. The van der Waals surface area contributed by atoms with Crippen molar-refractivity contribution in [3.05, 3.63) is 41.0 Å². The fourth-order valence-corrected chi connectivity index (χ4v) is 2.50. The molecule has 0 unspecified atom stereocenters. The Morgan fingerprint density at radius 1 is 1.35 bits per heavy atom. The minimum atomic E-state index is -0.194. The number of hydrogen-bond donors (Lipinski definition) is 1. The smallest absolute Gasteiger partial charge is 0.255 e. The molecule has 0 saturated carbocycles. The predicted molar refractivity (Wildman–Crippen MR) is 75.7 cm³/mol. The summed E-state index contributed by atoms with van der Waals surface area (Å²) in [5.74, 6) is -0.339. The lowest BCUT2D eigenvalue weighted by atomic mass is 10.1. The SMILES string of the molecule is O=C1CN(C(=O)c2cc(Cl)nc3ccccc23)CCN1. The maximum absolute atomic E-state index is 12.6. The molecule has 3 rings (SSSR count). The van der Waals surface area contributed by atoms with Crippen molar-refractivity contribution in [2.45, 2.75) is 0 Å². The quantitative estimate of drug-likeness (QED) is 0.809. The first-order chi connectivity index (χ1) is 9.65. The summed E-state index contributed by atoms with van der Waals surface area (Å²) in [6.45, 7) is 1.05. The van der Waals surface area contributed by atoms with E-state index in [1.54, 1.807) is 12.1 Å². The van der Waals surface area contributed by atoms with Gasteiger partial charge in [-0.05, 0) is 12.1 Å². The molecule has 102 valence electrons. The average Bonchev–Trinajstić information content (AvgIpc) is 2.45. The van der Waals surface area contributed by atoms with E-state index in [2.05, 4.69) is 10.3 Å². The molecular formula is C14H12ClN3O2. The van der Waals surface area contributed by atoms with Crippen molar-refractivity contribution in [3.63, 3.8) is 0 Å². The van der Waals surface area contributed by atoms with Gasteiger partial charge in [0.05, 0.1) is 17.6 Å². The maximum Gasteiger partial charge on any atom is 0.255 e. The van der Waals surface area contributed by atoms with Gasteiger partial charge in [0.25, 0.3) is 5.91 Å². The number of nitrogens with zero attached hydrogens (tertiary/aromatic N) is 2. The Morgan fingerprint density at radius 3 is 2.95 bits per heavy atom. The van der Waals surface area contributed by atoms with Gasteiger partial charge in [-0.1, -0.05) is 29.8 Å². The van der Waals surface area contributed by atoms with Crippen molar-refractivity contribution in [1.82, 2.24) is 15.2 Å². The molecule has 0 radical (unpaired) electrons. The van der Waals surface area contributed by atoms with E-state index in [-0.39, 0.29) is 23.5 Å². The molecule has 1 aliphatic rings. The molecule has 1 aromatic heterocycles. The second-order valence-corrected chi connectivity index (χ2v) is 4.97. The molecule has 1 aromatic carbocycles. The highest BCUT2D eigenvalue weighted by Crippen LogP contribution is 2.22. The fraction of sp³-hybridized carbons (Fsp3) is 0.214. The molecule has 5 nitrogen and oxygen atoms in total. The number of nitrogens with one attached hydrogen (secondary N) is 1. The zero-order chi connectivity index (χ0) is 14.1. The number of amides is 2. The van der Waals surface area contributed by atoms with Crippen molar-refractivity contribution in [1.29, 1.82) is 0 Å². The third-order valence-electron chi connectivity index (χ3n) is 3.24. The van der Waals surface area contributed by atoms with E-state index in [4.69, 9.17) is 11.6 Å². The molecule has 2 heterocycles. The van der Waals surface area contributed by atoms with Crippen LogP contribution in [0.5, 0.6) is 0 Å². The van der Waals surface area contributed by atoms with Gasteiger partial charge in [-0.25, -0.2) is 4.98 Å². The first-order valence-electron chi connectivity index (χ1n) is 6.26. The molecule has 0 atom stereocenters.